The van der Waals surface area contributed by atoms with Crippen molar-refractivity contribution in [2.45, 2.75) is 31.5 Å². The number of pyridine rings is 1. The molecule has 0 N–H and O–H groups in total. The minimum atomic E-state index is -3.72. The lowest BCUT2D eigenvalue weighted by atomic mass is 10.2. The Bertz CT molecular complexity index is 695. The largest absolute Gasteiger partial charge is 0.264 e. The van der Waals surface area contributed by atoms with Crippen molar-refractivity contribution in [1.82, 2.24) is 24.3 Å². The molecule has 2 aromatic rings. The van der Waals surface area contributed by atoms with Crippen molar-refractivity contribution in [2.24, 2.45) is 7.05 Å². The van der Waals surface area contributed by atoms with E-state index in [1.54, 1.807) is 25.5 Å². The standard InChI is InChI=1S/C12H16BrN5O2S/c1-9(2)18(8-10-5-4-6-14-7-10)21(19,20)12-11(13)15-16-17(12)3/h4-7,9H,8H2,1-3H3. The Labute approximate surface area is 132 Å². The van der Waals surface area contributed by atoms with Crippen LogP contribution in [0.5, 0.6) is 0 Å². The van der Waals surface area contributed by atoms with E-state index >= 15 is 0 Å². The lowest BCUT2D eigenvalue weighted by Gasteiger charge is -2.25. The van der Waals surface area contributed by atoms with Gasteiger partial charge < -0.3 is 0 Å². The molecular formula is C12H16BrN5O2S. The number of aromatic nitrogens is 4. The third-order valence-corrected chi connectivity index (χ3v) is 5.84. The molecule has 0 radical (unpaired) electrons. The number of halogens is 1. The third kappa shape index (κ3) is 3.30. The SMILES string of the molecule is CC(C)N(Cc1cccnc1)S(=O)(=O)c1c(Br)nnn1C. The fraction of sp³-hybridized carbons (Fsp3) is 0.417. The second-order valence-electron chi connectivity index (χ2n) is 4.81. The third-order valence-electron chi connectivity index (χ3n) is 2.93. The van der Waals surface area contributed by atoms with Gasteiger partial charge in [-0.25, -0.2) is 13.1 Å². The lowest BCUT2D eigenvalue weighted by Crippen LogP contribution is -2.37. The lowest BCUT2D eigenvalue weighted by molar-refractivity contribution is 0.344. The highest BCUT2D eigenvalue weighted by atomic mass is 79.9. The van der Waals surface area contributed by atoms with Gasteiger partial charge in [-0.1, -0.05) is 11.3 Å². The fourth-order valence-corrected chi connectivity index (χ4v) is 4.59. The molecule has 9 heteroatoms. The van der Waals surface area contributed by atoms with Crippen LogP contribution in [0.1, 0.15) is 19.4 Å². The molecule has 0 aliphatic carbocycles. The van der Waals surface area contributed by atoms with E-state index in [0.717, 1.165) is 5.56 Å². The first-order chi connectivity index (χ1) is 9.84. The van der Waals surface area contributed by atoms with E-state index in [2.05, 4.69) is 31.2 Å². The molecule has 0 aliphatic rings. The van der Waals surface area contributed by atoms with Crippen LogP contribution >= 0.6 is 15.9 Å². The van der Waals surface area contributed by atoms with Crippen LogP contribution in [0.4, 0.5) is 0 Å². The van der Waals surface area contributed by atoms with Crippen molar-refractivity contribution < 1.29 is 8.42 Å². The van der Waals surface area contributed by atoms with Crippen LogP contribution in [-0.4, -0.2) is 38.7 Å². The summed E-state index contributed by atoms with van der Waals surface area (Å²) in [6.45, 7) is 3.89. The first-order valence-corrected chi connectivity index (χ1v) is 8.53. The zero-order chi connectivity index (χ0) is 15.6. The zero-order valence-electron chi connectivity index (χ0n) is 11.9. The Kier molecular flexibility index (Phi) is 4.74. The molecule has 0 saturated heterocycles. The highest BCUT2D eigenvalue weighted by Crippen LogP contribution is 2.25. The predicted octanol–water partition coefficient (Wildman–Crippen LogP) is 1.57. The summed E-state index contributed by atoms with van der Waals surface area (Å²) in [6, 6.07) is 3.41. The highest BCUT2D eigenvalue weighted by molar-refractivity contribution is 9.10. The van der Waals surface area contributed by atoms with Crippen molar-refractivity contribution in [2.75, 3.05) is 0 Å². The summed E-state index contributed by atoms with van der Waals surface area (Å²) in [5.41, 5.74) is 0.820. The zero-order valence-corrected chi connectivity index (χ0v) is 14.3. The molecule has 2 heterocycles. The Balaban J connectivity index is 2.43. The number of nitrogens with zero attached hydrogens (tertiary/aromatic N) is 5. The van der Waals surface area contributed by atoms with Crippen molar-refractivity contribution in [3.63, 3.8) is 0 Å². The van der Waals surface area contributed by atoms with Gasteiger partial charge in [-0.3, -0.25) is 4.98 Å². The van der Waals surface area contributed by atoms with Crippen LogP contribution < -0.4 is 0 Å². The first-order valence-electron chi connectivity index (χ1n) is 6.30. The maximum Gasteiger partial charge on any atom is 0.263 e. The molecular weight excluding hydrogens is 358 g/mol. The van der Waals surface area contributed by atoms with Gasteiger partial charge in [0.2, 0.25) is 5.03 Å². The maximum atomic E-state index is 12.9. The quantitative estimate of drug-likeness (QED) is 0.794. The molecule has 7 nitrogen and oxygen atoms in total. The first kappa shape index (κ1) is 16.1. The normalized spacial score (nSPS) is 12.3. The summed E-state index contributed by atoms with van der Waals surface area (Å²) in [5, 5.41) is 7.52. The molecule has 0 saturated carbocycles. The molecule has 0 spiro atoms. The molecule has 0 aromatic carbocycles. The monoisotopic (exact) mass is 373 g/mol. The Morgan fingerprint density at radius 2 is 2.14 bits per heavy atom. The van der Waals surface area contributed by atoms with E-state index in [9.17, 15) is 8.42 Å². The van der Waals surface area contributed by atoms with E-state index in [-0.39, 0.29) is 22.2 Å². The van der Waals surface area contributed by atoms with E-state index in [1.807, 2.05) is 19.9 Å². The van der Waals surface area contributed by atoms with Crippen LogP contribution in [0.25, 0.3) is 0 Å². The molecule has 0 atom stereocenters. The fourth-order valence-electron chi connectivity index (χ4n) is 1.92. The van der Waals surface area contributed by atoms with Gasteiger partial charge in [-0.15, -0.1) is 5.10 Å². The van der Waals surface area contributed by atoms with E-state index in [0.29, 0.717) is 0 Å². The van der Waals surface area contributed by atoms with Crippen molar-refractivity contribution in [3.05, 3.63) is 34.7 Å². The van der Waals surface area contributed by atoms with Crippen LogP contribution in [-0.2, 0) is 23.6 Å². The summed E-state index contributed by atoms with van der Waals surface area (Å²) in [7, 11) is -2.17. The average molecular weight is 374 g/mol. The van der Waals surface area contributed by atoms with Gasteiger partial charge in [0.1, 0.15) is 0 Å². The minimum Gasteiger partial charge on any atom is -0.264 e. The molecule has 0 fully saturated rings. The number of hydrogen-bond acceptors (Lipinski definition) is 5. The van der Waals surface area contributed by atoms with Crippen LogP contribution in [0, 0.1) is 0 Å². The Morgan fingerprint density at radius 1 is 1.43 bits per heavy atom. The number of sulfonamides is 1. The predicted molar refractivity (Wildman–Crippen MR) is 80.8 cm³/mol. The Hall–Kier alpha value is -1.32. The van der Waals surface area contributed by atoms with Gasteiger partial charge >= 0.3 is 0 Å². The Morgan fingerprint density at radius 3 is 2.62 bits per heavy atom. The maximum absolute atomic E-state index is 12.9. The van der Waals surface area contributed by atoms with E-state index in [1.165, 1.54) is 8.99 Å². The number of hydrogen-bond donors (Lipinski definition) is 0. The molecule has 0 amide bonds. The number of aryl methyl sites for hydroxylation is 1. The molecule has 0 unspecified atom stereocenters. The summed E-state index contributed by atoms with van der Waals surface area (Å²) in [4.78, 5) is 4.02. The smallest absolute Gasteiger partial charge is 0.263 e. The van der Waals surface area contributed by atoms with Crippen LogP contribution in [0.3, 0.4) is 0 Å². The highest BCUT2D eigenvalue weighted by Gasteiger charge is 2.32. The average Bonchev–Trinajstić information content (AvgIpc) is 2.76. The van der Waals surface area contributed by atoms with E-state index < -0.39 is 10.0 Å². The second kappa shape index (κ2) is 6.20. The van der Waals surface area contributed by atoms with E-state index in [4.69, 9.17) is 0 Å². The van der Waals surface area contributed by atoms with Gasteiger partial charge in [-0.05, 0) is 41.4 Å². The summed E-state index contributed by atoms with van der Waals surface area (Å²) in [6.07, 6.45) is 3.31. The number of rotatable bonds is 5. The molecule has 2 aromatic heterocycles. The van der Waals surface area contributed by atoms with Gasteiger partial charge in [-0.2, -0.15) is 4.31 Å². The minimum absolute atomic E-state index is 0.0418. The summed E-state index contributed by atoms with van der Waals surface area (Å²) < 4.78 is 28.6. The van der Waals surface area contributed by atoms with Gasteiger partial charge in [0, 0.05) is 32.0 Å². The van der Waals surface area contributed by atoms with Gasteiger partial charge in [0.05, 0.1) is 0 Å². The molecule has 2 rings (SSSR count). The molecule has 114 valence electrons. The van der Waals surface area contributed by atoms with Crippen molar-refractivity contribution in [1.29, 1.82) is 0 Å². The van der Waals surface area contributed by atoms with Gasteiger partial charge in [0.15, 0.2) is 4.60 Å². The van der Waals surface area contributed by atoms with Gasteiger partial charge in [0.25, 0.3) is 10.0 Å². The molecule has 0 bridgehead atoms. The second-order valence-corrected chi connectivity index (χ2v) is 7.37. The summed E-state index contributed by atoms with van der Waals surface area (Å²) in [5.74, 6) is 0. The van der Waals surface area contributed by atoms with Crippen LogP contribution in [0.2, 0.25) is 0 Å². The van der Waals surface area contributed by atoms with Crippen LogP contribution in [0.15, 0.2) is 34.2 Å². The van der Waals surface area contributed by atoms with Crippen molar-refractivity contribution >= 4 is 26.0 Å². The van der Waals surface area contributed by atoms with Crippen molar-refractivity contribution in [3.8, 4) is 0 Å². The topological polar surface area (TPSA) is 81.0 Å². The molecule has 0 aliphatic heterocycles. The summed E-state index contributed by atoms with van der Waals surface area (Å²) >= 11 is 3.14. The molecule has 21 heavy (non-hydrogen) atoms.